The minimum atomic E-state index is -0.187. The lowest BCUT2D eigenvalue weighted by atomic mass is 10.0. The molecular weight excluding hydrogens is 306 g/mol. The number of pyridine rings is 1. The first-order valence-electron chi connectivity index (χ1n) is 8.60. The Hall–Kier alpha value is -1.04. The van der Waals surface area contributed by atoms with Crippen molar-refractivity contribution in [1.29, 1.82) is 0 Å². The van der Waals surface area contributed by atoms with Gasteiger partial charge in [-0.05, 0) is 48.3 Å². The van der Waals surface area contributed by atoms with E-state index in [4.69, 9.17) is 5.73 Å². The third-order valence-electron chi connectivity index (χ3n) is 4.81. The Balaban J connectivity index is 1.54. The molecule has 0 bridgehead atoms. The van der Waals surface area contributed by atoms with E-state index in [1.807, 2.05) is 17.8 Å². The molecule has 23 heavy (non-hydrogen) atoms. The summed E-state index contributed by atoms with van der Waals surface area (Å²) in [6, 6.07) is 1.87. The number of hydrogen-bond donors (Lipinski definition) is 2. The van der Waals surface area contributed by atoms with Crippen molar-refractivity contribution in [2.45, 2.75) is 32.3 Å². The maximum Gasteiger partial charge on any atom is 0.0727 e. The minimum absolute atomic E-state index is 0.187. The number of likely N-dealkylation sites (tertiary alicyclic amines) is 1. The van der Waals surface area contributed by atoms with Crippen LogP contribution in [0.2, 0.25) is 0 Å². The Morgan fingerprint density at radius 1 is 1.39 bits per heavy atom. The van der Waals surface area contributed by atoms with Gasteiger partial charge in [-0.15, -0.1) is 0 Å². The van der Waals surface area contributed by atoms with Crippen molar-refractivity contribution >= 4 is 23.0 Å². The third kappa shape index (κ3) is 3.90. The highest BCUT2D eigenvalue weighted by molar-refractivity contribution is 7.99. The van der Waals surface area contributed by atoms with Crippen LogP contribution in [0.25, 0.3) is 5.57 Å². The summed E-state index contributed by atoms with van der Waals surface area (Å²) in [5.74, 6) is 2.80. The van der Waals surface area contributed by atoms with Crippen LogP contribution >= 0.6 is 11.8 Å². The zero-order valence-corrected chi connectivity index (χ0v) is 14.7. The molecular formula is C18H27N3OS. The number of nitrogen functional groups attached to an aromatic ring is 1. The number of nitrogens with two attached hydrogens (primary N) is 1. The molecule has 1 fully saturated rings. The van der Waals surface area contributed by atoms with Gasteiger partial charge in [0.05, 0.1) is 11.8 Å². The van der Waals surface area contributed by atoms with Crippen LogP contribution in [0, 0.1) is 5.92 Å². The predicted molar refractivity (Wildman–Crippen MR) is 98.5 cm³/mol. The zero-order chi connectivity index (χ0) is 16.2. The van der Waals surface area contributed by atoms with E-state index in [1.54, 1.807) is 6.20 Å². The number of anilines is 1. The summed E-state index contributed by atoms with van der Waals surface area (Å²) in [6.07, 6.45) is 7.08. The maximum atomic E-state index is 10.3. The van der Waals surface area contributed by atoms with E-state index >= 15 is 0 Å². The molecule has 2 heterocycles. The quantitative estimate of drug-likeness (QED) is 0.751. The van der Waals surface area contributed by atoms with Gasteiger partial charge < -0.3 is 10.8 Å². The van der Waals surface area contributed by atoms with Gasteiger partial charge in [0.1, 0.15) is 0 Å². The molecule has 0 radical (unpaired) electrons. The molecule has 1 aliphatic heterocycles. The Labute approximate surface area is 143 Å². The Kier molecular flexibility index (Phi) is 5.62. The lowest BCUT2D eigenvalue weighted by Gasteiger charge is -2.17. The largest absolute Gasteiger partial charge is 0.398 e. The summed E-state index contributed by atoms with van der Waals surface area (Å²) in [7, 11) is 0. The number of aliphatic hydroxyl groups is 1. The number of aromatic nitrogens is 1. The highest BCUT2D eigenvalue weighted by atomic mass is 32.2. The molecule has 1 unspecified atom stereocenters. The van der Waals surface area contributed by atoms with Crippen molar-refractivity contribution < 1.29 is 5.11 Å². The molecule has 1 aromatic rings. The van der Waals surface area contributed by atoms with Gasteiger partial charge in [-0.25, -0.2) is 0 Å². The van der Waals surface area contributed by atoms with E-state index in [-0.39, 0.29) is 6.10 Å². The topological polar surface area (TPSA) is 62.4 Å². The molecule has 1 saturated heterocycles. The predicted octanol–water partition coefficient (Wildman–Crippen LogP) is 2.43. The van der Waals surface area contributed by atoms with Crippen molar-refractivity contribution in [3.63, 3.8) is 0 Å². The van der Waals surface area contributed by atoms with E-state index in [9.17, 15) is 5.11 Å². The van der Waals surface area contributed by atoms with Crippen LogP contribution in [0.15, 0.2) is 18.3 Å². The first kappa shape index (κ1) is 16.8. The highest BCUT2D eigenvalue weighted by Crippen LogP contribution is 2.31. The van der Waals surface area contributed by atoms with Crippen LogP contribution in [0.5, 0.6) is 0 Å². The van der Waals surface area contributed by atoms with E-state index < -0.39 is 0 Å². The van der Waals surface area contributed by atoms with Crippen LogP contribution < -0.4 is 5.73 Å². The number of aliphatic hydroxyl groups excluding tert-OH is 1. The Bertz CT molecular complexity index is 575. The first-order valence-corrected chi connectivity index (χ1v) is 9.75. The summed E-state index contributed by atoms with van der Waals surface area (Å²) < 4.78 is 0. The maximum absolute atomic E-state index is 10.3. The lowest BCUT2D eigenvalue weighted by molar-refractivity contribution is 0.141. The summed E-state index contributed by atoms with van der Waals surface area (Å²) in [5.41, 5.74) is 10.4. The summed E-state index contributed by atoms with van der Waals surface area (Å²) in [6.45, 7) is 4.85. The van der Waals surface area contributed by atoms with Crippen molar-refractivity contribution in [2.75, 3.05) is 36.9 Å². The van der Waals surface area contributed by atoms with Crippen LogP contribution in [0.1, 0.15) is 31.0 Å². The SMILES string of the molecule is CCCSCC[C@H]1CN(CC2=CCc3c(N)ccnc32)CC1O. The fraction of sp³-hybridized carbons (Fsp3) is 0.611. The van der Waals surface area contributed by atoms with E-state index in [2.05, 4.69) is 22.9 Å². The third-order valence-corrected chi connectivity index (χ3v) is 6.03. The van der Waals surface area contributed by atoms with Gasteiger partial charge >= 0.3 is 0 Å². The molecule has 2 atom stereocenters. The average molecular weight is 334 g/mol. The van der Waals surface area contributed by atoms with E-state index in [0.717, 1.165) is 55.2 Å². The van der Waals surface area contributed by atoms with Gasteiger partial charge in [0.2, 0.25) is 0 Å². The minimum Gasteiger partial charge on any atom is -0.398 e. The molecule has 5 heteroatoms. The second-order valence-corrected chi connectivity index (χ2v) is 7.81. The number of rotatable bonds is 7. The van der Waals surface area contributed by atoms with Gasteiger partial charge in [-0.1, -0.05) is 13.0 Å². The van der Waals surface area contributed by atoms with Gasteiger partial charge in [0, 0.05) is 37.1 Å². The molecule has 0 saturated carbocycles. The number of thioether (sulfide) groups is 1. The second kappa shape index (κ2) is 7.69. The van der Waals surface area contributed by atoms with E-state index in [1.165, 1.54) is 17.7 Å². The van der Waals surface area contributed by atoms with Crippen molar-refractivity contribution in [3.8, 4) is 0 Å². The fourth-order valence-corrected chi connectivity index (χ4v) is 4.50. The number of allylic oxidation sites excluding steroid dienone is 1. The van der Waals surface area contributed by atoms with Gasteiger partial charge in [0.25, 0.3) is 0 Å². The number of nitrogens with zero attached hydrogens (tertiary/aromatic N) is 2. The first-order chi connectivity index (χ1) is 11.2. The van der Waals surface area contributed by atoms with Crippen LogP contribution in [0.4, 0.5) is 5.69 Å². The van der Waals surface area contributed by atoms with Gasteiger partial charge in [0.15, 0.2) is 0 Å². The Morgan fingerprint density at radius 3 is 3.09 bits per heavy atom. The molecule has 0 aromatic carbocycles. The summed E-state index contributed by atoms with van der Waals surface area (Å²) in [4.78, 5) is 6.88. The van der Waals surface area contributed by atoms with Crippen molar-refractivity contribution in [2.24, 2.45) is 5.92 Å². The lowest BCUT2D eigenvalue weighted by Crippen LogP contribution is -2.24. The van der Waals surface area contributed by atoms with Gasteiger partial charge in [-0.2, -0.15) is 11.8 Å². The van der Waals surface area contributed by atoms with Gasteiger partial charge in [-0.3, -0.25) is 9.88 Å². The van der Waals surface area contributed by atoms with Crippen molar-refractivity contribution in [1.82, 2.24) is 9.88 Å². The fourth-order valence-electron chi connectivity index (χ4n) is 3.54. The summed E-state index contributed by atoms with van der Waals surface area (Å²) in [5, 5.41) is 10.3. The highest BCUT2D eigenvalue weighted by Gasteiger charge is 2.32. The number of hydrogen-bond acceptors (Lipinski definition) is 5. The summed E-state index contributed by atoms with van der Waals surface area (Å²) >= 11 is 2.00. The van der Waals surface area contributed by atoms with Crippen LogP contribution in [-0.2, 0) is 6.42 Å². The normalized spacial score (nSPS) is 24.0. The molecule has 4 nitrogen and oxygen atoms in total. The molecule has 3 N–H and O–H groups in total. The molecule has 0 spiro atoms. The molecule has 2 aliphatic rings. The molecule has 3 rings (SSSR count). The smallest absolute Gasteiger partial charge is 0.0727 e. The standard InChI is InChI=1S/C18H27N3OS/c1-2-8-23-9-6-13-10-21(12-17(13)22)11-14-3-4-15-16(19)5-7-20-18(14)15/h3,5,7,13,17,22H,2,4,6,8-12H2,1H3,(H2,19,20)/t13-,17?/m0/s1. The van der Waals surface area contributed by atoms with Crippen LogP contribution in [-0.4, -0.2) is 52.2 Å². The molecule has 0 amide bonds. The molecule has 1 aromatic heterocycles. The number of fused-ring (bicyclic) bond motifs is 1. The number of β-amino-alcohol motifs (C(OH)–C–C–N with tert-alkyl or cyclic N) is 1. The average Bonchev–Trinajstić information content (AvgIpc) is 3.09. The van der Waals surface area contributed by atoms with E-state index in [0.29, 0.717) is 5.92 Å². The van der Waals surface area contributed by atoms with Crippen molar-refractivity contribution in [3.05, 3.63) is 29.6 Å². The second-order valence-electron chi connectivity index (χ2n) is 6.58. The Morgan fingerprint density at radius 2 is 2.26 bits per heavy atom. The zero-order valence-electron chi connectivity index (χ0n) is 13.9. The van der Waals surface area contributed by atoms with Crippen LogP contribution in [0.3, 0.4) is 0 Å². The molecule has 1 aliphatic carbocycles. The molecule has 126 valence electrons. The monoisotopic (exact) mass is 333 g/mol.